The van der Waals surface area contributed by atoms with Crippen LogP contribution >= 0.6 is 0 Å². The van der Waals surface area contributed by atoms with Crippen molar-refractivity contribution in [2.75, 3.05) is 20.3 Å². The van der Waals surface area contributed by atoms with Gasteiger partial charge in [-0.2, -0.15) is 0 Å². The minimum atomic E-state index is -0.163. The summed E-state index contributed by atoms with van der Waals surface area (Å²) >= 11 is 0. The van der Waals surface area contributed by atoms with E-state index in [1.54, 1.807) is 7.11 Å². The highest BCUT2D eigenvalue weighted by molar-refractivity contribution is 4.97. The molecule has 0 heterocycles. The second kappa shape index (κ2) is 6.17. The van der Waals surface area contributed by atoms with Crippen LogP contribution in [0.5, 0.6) is 0 Å². The van der Waals surface area contributed by atoms with Gasteiger partial charge in [-0.3, -0.25) is 0 Å². The molecule has 1 unspecified atom stereocenters. The SMILES string of the molecule is CCCOCC(N)C1(OC)CCC(C)(C)CC1. The van der Waals surface area contributed by atoms with Crippen LogP contribution in [-0.4, -0.2) is 32.0 Å². The van der Waals surface area contributed by atoms with E-state index in [4.69, 9.17) is 15.2 Å². The average molecular weight is 243 g/mol. The molecule has 0 aliphatic heterocycles. The van der Waals surface area contributed by atoms with E-state index in [-0.39, 0.29) is 11.6 Å². The smallest absolute Gasteiger partial charge is 0.0851 e. The van der Waals surface area contributed by atoms with E-state index in [0.29, 0.717) is 12.0 Å². The van der Waals surface area contributed by atoms with Crippen LogP contribution in [0.1, 0.15) is 52.9 Å². The van der Waals surface area contributed by atoms with Crippen molar-refractivity contribution in [3.05, 3.63) is 0 Å². The number of hydrogen-bond acceptors (Lipinski definition) is 3. The predicted octanol–water partition coefficient (Wildman–Crippen LogP) is 2.73. The third-order valence-electron chi connectivity index (χ3n) is 4.18. The normalized spacial score (nSPS) is 24.5. The fourth-order valence-electron chi connectivity index (χ4n) is 2.58. The highest BCUT2D eigenvalue weighted by atomic mass is 16.5. The van der Waals surface area contributed by atoms with Crippen molar-refractivity contribution in [2.24, 2.45) is 11.1 Å². The van der Waals surface area contributed by atoms with Gasteiger partial charge in [0, 0.05) is 13.7 Å². The zero-order valence-corrected chi connectivity index (χ0v) is 11.9. The Morgan fingerprint density at radius 1 is 1.18 bits per heavy atom. The van der Waals surface area contributed by atoms with E-state index >= 15 is 0 Å². The summed E-state index contributed by atoms with van der Waals surface area (Å²) in [6.07, 6.45) is 5.50. The molecule has 1 aliphatic carbocycles. The second-order valence-electron chi connectivity index (χ2n) is 6.11. The summed E-state index contributed by atoms with van der Waals surface area (Å²) in [7, 11) is 1.79. The molecule has 1 aliphatic rings. The molecule has 3 nitrogen and oxygen atoms in total. The van der Waals surface area contributed by atoms with Gasteiger partial charge in [0.05, 0.1) is 18.2 Å². The van der Waals surface area contributed by atoms with Gasteiger partial charge in [0.25, 0.3) is 0 Å². The minimum absolute atomic E-state index is 0.00449. The molecule has 0 bridgehead atoms. The zero-order chi connectivity index (χ0) is 12.9. The summed E-state index contributed by atoms with van der Waals surface area (Å²) in [5.74, 6) is 0. The van der Waals surface area contributed by atoms with E-state index in [1.807, 2.05) is 0 Å². The molecule has 0 amide bonds. The van der Waals surface area contributed by atoms with Gasteiger partial charge in [-0.1, -0.05) is 20.8 Å². The van der Waals surface area contributed by atoms with Gasteiger partial charge in [0.2, 0.25) is 0 Å². The molecule has 0 aromatic rings. The summed E-state index contributed by atoms with van der Waals surface area (Å²) in [5, 5.41) is 0. The quantitative estimate of drug-likeness (QED) is 0.730. The first-order valence-electron chi connectivity index (χ1n) is 6.84. The standard InChI is InChI=1S/C14H29NO2/c1-5-10-17-11-12(15)14(16-4)8-6-13(2,3)7-9-14/h12H,5-11,15H2,1-4H3. The molecule has 0 radical (unpaired) electrons. The van der Waals surface area contributed by atoms with Crippen LogP contribution in [0.4, 0.5) is 0 Å². The summed E-state index contributed by atoms with van der Waals surface area (Å²) in [4.78, 5) is 0. The number of ether oxygens (including phenoxy) is 2. The third-order valence-corrected chi connectivity index (χ3v) is 4.18. The highest BCUT2D eigenvalue weighted by Gasteiger charge is 2.42. The molecular formula is C14H29NO2. The Morgan fingerprint density at radius 2 is 1.76 bits per heavy atom. The first-order valence-corrected chi connectivity index (χ1v) is 6.84. The number of hydrogen-bond donors (Lipinski definition) is 1. The first kappa shape index (κ1) is 14.9. The van der Waals surface area contributed by atoms with Crippen LogP contribution < -0.4 is 5.73 Å². The monoisotopic (exact) mass is 243 g/mol. The van der Waals surface area contributed by atoms with E-state index in [1.165, 1.54) is 12.8 Å². The molecule has 1 fully saturated rings. The molecule has 1 saturated carbocycles. The van der Waals surface area contributed by atoms with Gasteiger partial charge >= 0.3 is 0 Å². The Hall–Kier alpha value is -0.120. The van der Waals surface area contributed by atoms with E-state index in [9.17, 15) is 0 Å². The van der Waals surface area contributed by atoms with Crippen molar-refractivity contribution in [1.29, 1.82) is 0 Å². The Morgan fingerprint density at radius 3 is 2.24 bits per heavy atom. The lowest BCUT2D eigenvalue weighted by Gasteiger charge is -2.45. The van der Waals surface area contributed by atoms with Crippen molar-refractivity contribution in [3.8, 4) is 0 Å². The molecular weight excluding hydrogens is 214 g/mol. The van der Waals surface area contributed by atoms with Gasteiger partial charge in [0.1, 0.15) is 0 Å². The Balaban J connectivity index is 2.51. The van der Waals surface area contributed by atoms with Crippen LogP contribution in [-0.2, 0) is 9.47 Å². The van der Waals surface area contributed by atoms with Gasteiger partial charge in [-0.15, -0.1) is 0 Å². The Bertz CT molecular complexity index is 218. The summed E-state index contributed by atoms with van der Waals surface area (Å²) in [5.41, 5.74) is 6.55. The van der Waals surface area contributed by atoms with E-state index < -0.39 is 0 Å². The van der Waals surface area contributed by atoms with Crippen molar-refractivity contribution in [1.82, 2.24) is 0 Å². The molecule has 1 atom stereocenters. The maximum atomic E-state index is 6.27. The van der Waals surface area contributed by atoms with Crippen molar-refractivity contribution in [3.63, 3.8) is 0 Å². The van der Waals surface area contributed by atoms with Crippen LogP contribution in [0.3, 0.4) is 0 Å². The molecule has 102 valence electrons. The van der Waals surface area contributed by atoms with Gasteiger partial charge in [-0.25, -0.2) is 0 Å². The first-order chi connectivity index (χ1) is 7.96. The summed E-state index contributed by atoms with van der Waals surface area (Å²) < 4.78 is 11.3. The van der Waals surface area contributed by atoms with Gasteiger partial charge < -0.3 is 15.2 Å². The predicted molar refractivity (Wildman–Crippen MR) is 71.1 cm³/mol. The lowest BCUT2D eigenvalue weighted by Crippen LogP contribution is -2.54. The fraction of sp³-hybridized carbons (Fsp3) is 1.00. The Kier molecular flexibility index (Phi) is 5.42. The molecule has 3 heteroatoms. The minimum Gasteiger partial charge on any atom is -0.380 e. The summed E-state index contributed by atoms with van der Waals surface area (Å²) in [6, 6.07) is -0.00449. The zero-order valence-electron chi connectivity index (χ0n) is 11.9. The number of nitrogens with two attached hydrogens (primary N) is 1. The van der Waals surface area contributed by atoms with Gasteiger partial charge in [-0.05, 0) is 37.5 Å². The van der Waals surface area contributed by atoms with Crippen LogP contribution in [0.15, 0.2) is 0 Å². The molecule has 0 saturated heterocycles. The Labute approximate surface area is 106 Å². The van der Waals surface area contributed by atoms with Crippen LogP contribution in [0.25, 0.3) is 0 Å². The molecule has 1 rings (SSSR count). The van der Waals surface area contributed by atoms with Crippen molar-refractivity contribution < 1.29 is 9.47 Å². The topological polar surface area (TPSA) is 44.5 Å². The molecule has 17 heavy (non-hydrogen) atoms. The maximum absolute atomic E-state index is 6.27. The third kappa shape index (κ3) is 3.94. The van der Waals surface area contributed by atoms with Gasteiger partial charge in [0.15, 0.2) is 0 Å². The molecule has 0 spiro atoms. The van der Waals surface area contributed by atoms with E-state index in [2.05, 4.69) is 20.8 Å². The lowest BCUT2D eigenvalue weighted by molar-refractivity contribution is -0.0931. The fourth-order valence-corrected chi connectivity index (χ4v) is 2.58. The number of rotatable bonds is 6. The van der Waals surface area contributed by atoms with Crippen LogP contribution in [0.2, 0.25) is 0 Å². The number of methoxy groups -OCH3 is 1. The maximum Gasteiger partial charge on any atom is 0.0851 e. The van der Waals surface area contributed by atoms with Crippen LogP contribution in [0, 0.1) is 5.41 Å². The molecule has 0 aromatic carbocycles. The molecule has 0 aromatic heterocycles. The van der Waals surface area contributed by atoms with Crippen molar-refractivity contribution >= 4 is 0 Å². The van der Waals surface area contributed by atoms with E-state index in [0.717, 1.165) is 25.9 Å². The average Bonchev–Trinajstić information content (AvgIpc) is 2.30. The highest BCUT2D eigenvalue weighted by Crippen LogP contribution is 2.42. The summed E-state index contributed by atoms with van der Waals surface area (Å²) in [6.45, 7) is 8.17. The molecule has 2 N–H and O–H groups in total. The van der Waals surface area contributed by atoms with Crippen molar-refractivity contribution in [2.45, 2.75) is 64.5 Å². The largest absolute Gasteiger partial charge is 0.380 e. The lowest BCUT2D eigenvalue weighted by atomic mass is 9.68. The second-order valence-corrected chi connectivity index (χ2v) is 6.11.